The average molecular weight is 348 g/mol. The van der Waals surface area contributed by atoms with Crippen molar-refractivity contribution in [3.8, 4) is 11.4 Å². The van der Waals surface area contributed by atoms with Crippen LogP contribution < -0.4 is 5.56 Å². The first kappa shape index (κ1) is 16.1. The van der Waals surface area contributed by atoms with Crippen molar-refractivity contribution in [1.29, 1.82) is 0 Å². The van der Waals surface area contributed by atoms with Crippen molar-refractivity contribution in [2.45, 2.75) is 6.54 Å². The Bertz CT molecular complexity index is 1130. The van der Waals surface area contributed by atoms with E-state index in [1.54, 1.807) is 24.3 Å². The highest BCUT2D eigenvalue weighted by Crippen LogP contribution is 2.22. The van der Waals surface area contributed by atoms with Gasteiger partial charge in [0, 0.05) is 11.6 Å². The summed E-state index contributed by atoms with van der Waals surface area (Å²) in [5.41, 5.74) is 1.35. The molecule has 128 valence electrons. The molecule has 0 aliphatic rings. The first-order valence-corrected chi connectivity index (χ1v) is 8.12. The average Bonchev–Trinajstić information content (AvgIpc) is 2.64. The van der Waals surface area contributed by atoms with Gasteiger partial charge in [0.05, 0.1) is 17.4 Å². The van der Waals surface area contributed by atoms with Gasteiger partial charge in [-0.3, -0.25) is 9.36 Å². The molecule has 4 aromatic rings. The lowest BCUT2D eigenvalue weighted by Crippen LogP contribution is -2.24. The van der Waals surface area contributed by atoms with Crippen molar-refractivity contribution >= 4 is 10.9 Å². The molecule has 0 radical (unpaired) electrons. The standard InChI is InChI=1S/C21H14F2N2O/c22-16-10-15(11-17(23)12-16)20-24-19-9-5-4-8-18(19)21(26)25(20)13-14-6-2-1-3-7-14/h1-12H,13H2. The number of halogens is 2. The SMILES string of the molecule is O=c1c2ccccc2nc(-c2cc(F)cc(F)c2)n1Cc1ccccc1. The molecule has 0 fully saturated rings. The molecule has 4 rings (SSSR count). The normalized spacial score (nSPS) is 11.0. The Morgan fingerprint density at radius 2 is 1.50 bits per heavy atom. The molecular formula is C21H14F2N2O. The molecule has 0 saturated heterocycles. The Hall–Kier alpha value is -3.34. The Balaban J connectivity index is 2.00. The van der Waals surface area contributed by atoms with Gasteiger partial charge in [-0.1, -0.05) is 42.5 Å². The smallest absolute Gasteiger partial charge is 0.261 e. The minimum Gasteiger partial charge on any atom is -0.288 e. The fourth-order valence-electron chi connectivity index (χ4n) is 2.98. The van der Waals surface area contributed by atoms with E-state index in [1.807, 2.05) is 30.3 Å². The van der Waals surface area contributed by atoms with Gasteiger partial charge in [0.25, 0.3) is 5.56 Å². The van der Waals surface area contributed by atoms with Crippen LogP contribution in [-0.2, 0) is 6.54 Å². The molecule has 3 aromatic carbocycles. The zero-order valence-corrected chi connectivity index (χ0v) is 13.7. The lowest BCUT2D eigenvalue weighted by atomic mass is 10.1. The van der Waals surface area contributed by atoms with Gasteiger partial charge >= 0.3 is 0 Å². The first-order valence-electron chi connectivity index (χ1n) is 8.12. The molecule has 3 nitrogen and oxygen atoms in total. The summed E-state index contributed by atoms with van der Waals surface area (Å²) in [7, 11) is 0. The van der Waals surface area contributed by atoms with Crippen molar-refractivity contribution in [2.24, 2.45) is 0 Å². The zero-order valence-electron chi connectivity index (χ0n) is 13.7. The van der Waals surface area contributed by atoms with Gasteiger partial charge in [0.2, 0.25) is 0 Å². The Morgan fingerprint density at radius 1 is 0.846 bits per heavy atom. The predicted octanol–water partition coefficient (Wildman–Crippen LogP) is 4.39. The van der Waals surface area contributed by atoms with Gasteiger partial charge in [0.1, 0.15) is 17.5 Å². The topological polar surface area (TPSA) is 34.9 Å². The first-order chi connectivity index (χ1) is 12.6. The van der Waals surface area contributed by atoms with Crippen molar-refractivity contribution in [2.75, 3.05) is 0 Å². The van der Waals surface area contributed by atoms with Crippen LogP contribution in [0.3, 0.4) is 0 Å². The second kappa shape index (κ2) is 6.52. The third-order valence-electron chi connectivity index (χ3n) is 4.17. The number of para-hydroxylation sites is 1. The van der Waals surface area contributed by atoms with E-state index in [0.29, 0.717) is 10.9 Å². The zero-order chi connectivity index (χ0) is 18.1. The van der Waals surface area contributed by atoms with Gasteiger partial charge in [-0.05, 0) is 29.8 Å². The van der Waals surface area contributed by atoms with Gasteiger partial charge in [-0.2, -0.15) is 0 Å². The Morgan fingerprint density at radius 3 is 2.23 bits per heavy atom. The van der Waals surface area contributed by atoms with Crippen LogP contribution in [0.1, 0.15) is 5.56 Å². The number of nitrogens with zero attached hydrogens (tertiary/aromatic N) is 2. The van der Waals surface area contributed by atoms with Gasteiger partial charge in [-0.25, -0.2) is 13.8 Å². The van der Waals surface area contributed by atoms with E-state index in [1.165, 1.54) is 16.7 Å². The number of rotatable bonds is 3. The van der Waals surface area contributed by atoms with Crippen molar-refractivity contribution in [3.05, 3.63) is 100 Å². The fraction of sp³-hybridized carbons (Fsp3) is 0.0476. The monoisotopic (exact) mass is 348 g/mol. The van der Waals surface area contributed by atoms with Crippen LogP contribution in [-0.4, -0.2) is 9.55 Å². The van der Waals surface area contributed by atoms with Crippen LogP contribution in [0, 0.1) is 11.6 Å². The van der Waals surface area contributed by atoms with Crippen molar-refractivity contribution in [1.82, 2.24) is 9.55 Å². The second-order valence-corrected chi connectivity index (χ2v) is 5.99. The maximum atomic E-state index is 13.7. The van der Waals surface area contributed by atoms with Gasteiger partial charge < -0.3 is 0 Å². The molecule has 0 amide bonds. The summed E-state index contributed by atoms with van der Waals surface area (Å²) in [6.07, 6.45) is 0. The van der Waals surface area contributed by atoms with Crippen molar-refractivity contribution < 1.29 is 8.78 Å². The van der Waals surface area contributed by atoms with E-state index in [-0.39, 0.29) is 23.5 Å². The van der Waals surface area contributed by atoms with Gasteiger partial charge in [-0.15, -0.1) is 0 Å². The van der Waals surface area contributed by atoms with E-state index in [4.69, 9.17) is 0 Å². The number of hydrogen-bond acceptors (Lipinski definition) is 2. The molecule has 0 saturated carbocycles. The maximum Gasteiger partial charge on any atom is 0.261 e. The molecule has 0 bridgehead atoms. The maximum absolute atomic E-state index is 13.7. The quantitative estimate of drug-likeness (QED) is 0.550. The summed E-state index contributed by atoms with van der Waals surface area (Å²) in [4.78, 5) is 17.5. The number of hydrogen-bond donors (Lipinski definition) is 0. The molecule has 0 unspecified atom stereocenters. The van der Waals surface area contributed by atoms with Crippen molar-refractivity contribution in [3.63, 3.8) is 0 Å². The second-order valence-electron chi connectivity index (χ2n) is 5.99. The number of fused-ring (bicyclic) bond motifs is 1. The minimum absolute atomic E-state index is 0.223. The summed E-state index contributed by atoms with van der Waals surface area (Å²) in [5, 5.41) is 0.462. The Labute approximate surface area is 148 Å². The minimum atomic E-state index is -0.714. The molecule has 0 aliphatic carbocycles. The molecule has 1 heterocycles. The number of aromatic nitrogens is 2. The largest absolute Gasteiger partial charge is 0.288 e. The predicted molar refractivity (Wildman–Crippen MR) is 96.9 cm³/mol. The molecular weight excluding hydrogens is 334 g/mol. The molecule has 0 atom stereocenters. The third kappa shape index (κ3) is 2.99. The molecule has 5 heteroatoms. The molecule has 1 aromatic heterocycles. The molecule has 0 N–H and O–H groups in total. The Kier molecular flexibility index (Phi) is 4.05. The molecule has 0 aliphatic heterocycles. The van der Waals surface area contributed by atoms with Crippen LogP contribution in [0.2, 0.25) is 0 Å². The lowest BCUT2D eigenvalue weighted by molar-refractivity contribution is 0.583. The van der Waals surface area contributed by atoms with E-state index >= 15 is 0 Å². The van der Waals surface area contributed by atoms with Crippen LogP contribution >= 0.6 is 0 Å². The van der Waals surface area contributed by atoms with E-state index in [0.717, 1.165) is 11.6 Å². The molecule has 0 spiro atoms. The summed E-state index contributed by atoms with van der Waals surface area (Å²) in [6.45, 7) is 0.255. The lowest BCUT2D eigenvalue weighted by Gasteiger charge is -2.14. The van der Waals surface area contributed by atoms with Crippen LogP contribution in [0.5, 0.6) is 0 Å². The summed E-state index contributed by atoms with van der Waals surface area (Å²) in [6, 6.07) is 19.5. The highest BCUT2D eigenvalue weighted by molar-refractivity contribution is 5.79. The number of benzene rings is 3. The summed E-state index contributed by atoms with van der Waals surface area (Å²) in [5.74, 6) is -1.20. The van der Waals surface area contributed by atoms with Crippen LogP contribution in [0.4, 0.5) is 8.78 Å². The summed E-state index contributed by atoms with van der Waals surface area (Å²) >= 11 is 0. The van der Waals surface area contributed by atoms with E-state index in [2.05, 4.69) is 4.98 Å². The van der Waals surface area contributed by atoms with Crippen LogP contribution in [0.15, 0.2) is 77.6 Å². The molecule has 26 heavy (non-hydrogen) atoms. The highest BCUT2D eigenvalue weighted by Gasteiger charge is 2.14. The van der Waals surface area contributed by atoms with E-state index in [9.17, 15) is 13.6 Å². The fourth-order valence-corrected chi connectivity index (χ4v) is 2.98. The highest BCUT2D eigenvalue weighted by atomic mass is 19.1. The van der Waals surface area contributed by atoms with Gasteiger partial charge in [0.15, 0.2) is 0 Å². The summed E-state index contributed by atoms with van der Waals surface area (Å²) < 4.78 is 28.9. The third-order valence-corrected chi connectivity index (χ3v) is 4.17. The van der Waals surface area contributed by atoms with Crippen LogP contribution in [0.25, 0.3) is 22.3 Å². The van der Waals surface area contributed by atoms with E-state index < -0.39 is 11.6 Å².